The lowest BCUT2D eigenvalue weighted by Gasteiger charge is -2.38. The highest BCUT2D eigenvalue weighted by Crippen LogP contribution is 2.18. The lowest BCUT2D eigenvalue weighted by atomic mass is 9.95. The first kappa shape index (κ1) is 23.2. The van der Waals surface area contributed by atoms with E-state index >= 15 is 0 Å². The summed E-state index contributed by atoms with van der Waals surface area (Å²) in [5, 5.41) is 3.99. The van der Waals surface area contributed by atoms with Crippen molar-refractivity contribution in [3.05, 3.63) is 17.0 Å². The second-order valence-electron chi connectivity index (χ2n) is 6.54. The van der Waals surface area contributed by atoms with Gasteiger partial charge >= 0.3 is 0 Å². The zero-order chi connectivity index (χ0) is 16.3. The molecule has 1 aromatic rings. The molecule has 2 N–H and O–H groups in total. The number of amides is 1. The van der Waals surface area contributed by atoms with Crippen molar-refractivity contribution in [1.82, 2.24) is 15.0 Å². The van der Waals surface area contributed by atoms with E-state index < -0.39 is 5.54 Å². The fraction of sp³-hybridized carbons (Fsp3) is 0.750. The first-order valence-electron chi connectivity index (χ1n) is 8.07. The van der Waals surface area contributed by atoms with Crippen molar-refractivity contribution in [3.8, 4) is 0 Å². The average molecular weight is 381 g/mol. The molecule has 0 aromatic carbocycles. The quantitative estimate of drug-likeness (QED) is 0.847. The maximum absolute atomic E-state index is 12.5. The molecule has 1 aliphatic heterocycles. The molecule has 0 aliphatic carbocycles. The van der Waals surface area contributed by atoms with Gasteiger partial charge < -0.3 is 15.2 Å². The molecule has 1 aliphatic rings. The van der Waals surface area contributed by atoms with Crippen LogP contribution < -0.4 is 5.73 Å². The van der Waals surface area contributed by atoms with Gasteiger partial charge in [0.15, 0.2) is 0 Å². The average Bonchev–Trinajstić information content (AvgIpc) is 2.79. The van der Waals surface area contributed by atoms with E-state index in [-0.39, 0.29) is 30.7 Å². The number of carbonyl (C=O) groups is 1. The highest BCUT2D eigenvalue weighted by Gasteiger charge is 2.33. The number of carbonyl (C=O) groups excluding carboxylic acids is 1. The molecule has 1 saturated heterocycles. The van der Waals surface area contributed by atoms with Crippen LogP contribution in [0.25, 0.3) is 0 Å². The number of aromatic nitrogens is 1. The minimum Gasteiger partial charge on any atom is -0.361 e. The van der Waals surface area contributed by atoms with E-state index in [1.807, 2.05) is 25.7 Å². The molecule has 8 heteroatoms. The van der Waals surface area contributed by atoms with Gasteiger partial charge in [-0.3, -0.25) is 9.69 Å². The summed E-state index contributed by atoms with van der Waals surface area (Å²) in [4.78, 5) is 16.7. The molecule has 24 heavy (non-hydrogen) atoms. The summed E-state index contributed by atoms with van der Waals surface area (Å²) in [5.41, 5.74) is 7.54. The highest BCUT2D eigenvalue weighted by atomic mass is 35.5. The Bertz CT molecular complexity index is 507. The molecule has 0 saturated carbocycles. The van der Waals surface area contributed by atoms with Gasteiger partial charge in [-0.1, -0.05) is 18.5 Å². The molecule has 2 rings (SSSR count). The van der Waals surface area contributed by atoms with E-state index in [1.54, 1.807) is 0 Å². The smallest absolute Gasteiger partial charge is 0.242 e. The Labute approximate surface area is 156 Å². The van der Waals surface area contributed by atoms with Crippen LogP contribution in [0.3, 0.4) is 0 Å². The molecule has 1 fully saturated rings. The van der Waals surface area contributed by atoms with Crippen LogP contribution in [0, 0.1) is 13.8 Å². The highest BCUT2D eigenvalue weighted by molar-refractivity contribution is 5.86. The Balaban J connectivity index is 0.00000264. The van der Waals surface area contributed by atoms with Gasteiger partial charge in [0, 0.05) is 38.3 Å². The van der Waals surface area contributed by atoms with Crippen LogP contribution in [0.4, 0.5) is 0 Å². The minimum absolute atomic E-state index is 0. The predicted molar refractivity (Wildman–Crippen MR) is 99.8 cm³/mol. The maximum Gasteiger partial charge on any atom is 0.242 e. The Hall–Kier alpha value is -0.820. The number of nitrogens with two attached hydrogens (primary N) is 1. The fourth-order valence-electron chi connectivity index (χ4n) is 3.05. The largest absolute Gasteiger partial charge is 0.361 e. The maximum atomic E-state index is 12.5. The lowest BCUT2D eigenvalue weighted by Crippen LogP contribution is -2.58. The fourth-order valence-corrected chi connectivity index (χ4v) is 3.05. The van der Waals surface area contributed by atoms with Gasteiger partial charge in [-0.25, -0.2) is 0 Å². The van der Waals surface area contributed by atoms with E-state index in [4.69, 9.17) is 10.3 Å². The van der Waals surface area contributed by atoms with E-state index in [0.717, 1.165) is 62.6 Å². The molecular weight excluding hydrogens is 351 g/mol. The van der Waals surface area contributed by atoms with Crippen LogP contribution in [0.2, 0.25) is 0 Å². The molecule has 0 bridgehead atoms. The first-order chi connectivity index (χ1) is 10.3. The lowest BCUT2D eigenvalue weighted by molar-refractivity contribution is -0.138. The number of halogens is 2. The number of hydrogen-bond donors (Lipinski definition) is 1. The van der Waals surface area contributed by atoms with Gasteiger partial charge in [0.25, 0.3) is 0 Å². The normalized spacial score (nSPS) is 17.6. The second-order valence-corrected chi connectivity index (χ2v) is 6.54. The third-order valence-corrected chi connectivity index (χ3v) is 4.48. The summed E-state index contributed by atoms with van der Waals surface area (Å²) in [7, 11) is 0. The van der Waals surface area contributed by atoms with Crippen molar-refractivity contribution in [2.24, 2.45) is 5.73 Å². The number of nitrogens with zero attached hydrogens (tertiary/aromatic N) is 3. The Morgan fingerprint density at radius 2 is 1.83 bits per heavy atom. The Morgan fingerprint density at radius 3 is 2.29 bits per heavy atom. The number of aryl methyl sites for hydroxylation is 2. The minimum atomic E-state index is -0.738. The molecule has 0 radical (unpaired) electrons. The van der Waals surface area contributed by atoms with Crippen molar-refractivity contribution in [2.75, 3.05) is 26.2 Å². The molecule has 1 amide bonds. The van der Waals surface area contributed by atoms with Crippen LogP contribution in [-0.4, -0.2) is 52.6 Å². The molecule has 1 aromatic heterocycles. The summed E-state index contributed by atoms with van der Waals surface area (Å²) in [6.45, 7) is 11.8. The van der Waals surface area contributed by atoms with Gasteiger partial charge in [-0.2, -0.15) is 0 Å². The first-order valence-corrected chi connectivity index (χ1v) is 8.07. The van der Waals surface area contributed by atoms with Crippen molar-refractivity contribution in [1.29, 1.82) is 0 Å². The van der Waals surface area contributed by atoms with Crippen molar-refractivity contribution in [2.45, 2.75) is 52.6 Å². The van der Waals surface area contributed by atoms with Crippen LogP contribution in [0.15, 0.2) is 4.52 Å². The summed E-state index contributed by atoms with van der Waals surface area (Å²) < 4.78 is 5.21. The monoisotopic (exact) mass is 380 g/mol. The van der Waals surface area contributed by atoms with E-state index in [1.165, 1.54) is 0 Å². The molecule has 0 spiro atoms. The number of hydrogen-bond acceptors (Lipinski definition) is 5. The molecule has 1 unspecified atom stereocenters. The number of piperazine rings is 1. The predicted octanol–water partition coefficient (Wildman–Crippen LogP) is 2.30. The second kappa shape index (κ2) is 9.61. The number of rotatable bonds is 5. The summed E-state index contributed by atoms with van der Waals surface area (Å²) in [6.07, 6.45) is 1.65. The molecule has 140 valence electrons. The standard InChI is InChI=1S/C16H28N4O2.2ClH/c1-5-6-16(4,17)15(21)20-9-7-19(8-10-20)11-14-12(2)18-22-13(14)3;;/h5-11,17H2,1-4H3;2*1H. The zero-order valence-corrected chi connectivity index (χ0v) is 16.6. The zero-order valence-electron chi connectivity index (χ0n) is 15.0. The molecule has 6 nitrogen and oxygen atoms in total. The van der Waals surface area contributed by atoms with Crippen molar-refractivity contribution in [3.63, 3.8) is 0 Å². The SMILES string of the molecule is CCCC(C)(N)C(=O)N1CCN(Cc2c(C)noc2C)CC1.Cl.Cl. The third-order valence-electron chi connectivity index (χ3n) is 4.48. The van der Waals surface area contributed by atoms with Crippen LogP contribution in [-0.2, 0) is 11.3 Å². The van der Waals surface area contributed by atoms with Gasteiger partial charge in [-0.15, -0.1) is 24.8 Å². The summed E-state index contributed by atoms with van der Waals surface area (Å²) in [6, 6.07) is 0. The van der Waals surface area contributed by atoms with E-state index in [2.05, 4.69) is 17.0 Å². The summed E-state index contributed by atoms with van der Waals surface area (Å²) in [5.74, 6) is 0.958. The molecular formula is C16H30Cl2N4O2. The van der Waals surface area contributed by atoms with Gasteiger partial charge in [0.1, 0.15) is 5.76 Å². The van der Waals surface area contributed by atoms with E-state index in [9.17, 15) is 4.79 Å². The van der Waals surface area contributed by atoms with Crippen LogP contribution in [0.1, 0.15) is 43.7 Å². The molecule has 2 heterocycles. The van der Waals surface area contributed by atoms with Crippen molar-refractivity contribution < 1.29 is 9.32 Å². The Kier molecular flexibility index (Phi) is 9.28. The summed E-state index contributed by atoms with van der Waals surface area (Å²) >= 11 is 0. The van der Waals surface area contributed by atoms with Gasteiger partial charge in [0.2, 0.25) is 5.91 Å². The van der Waals surface area contributed by atoms with Crippen LogP contribution >= 0.6 is 24.8 Å². The van der Waals surface area contributed by atoms with E-state index in [0.29, 0.717) is 0 Å². The Morgan fingerprint density at radius 1 is 1.25 bits per heavy atom. The van der Waals surface area contributed by atoms with Gasteiger partial charge in [-0.05, 0) is 27.2 Å². The molecule has 1 atom stereocenters. The van der Waals surface area contributed by atoms with Crippen molar-refractivity contribution >= 4 is 30.7 Å². The third kappa shape index (κ3) is 5.34. The van der Waals surface area contributed by atoms with Crippen LogP contribution in [0.5, 0.6) is 0 Å². The topological polar surface area (TPSA) is 75.6 Å². The van der Waals surface area contributed by atoms with Gasteiger partial charge in [0.05, 0.1) is 11.2 Å².